The Labute approximate surface area is 185 Å². The molecule has 31 heavy (non-hydrogen) atoms. The van der Waals surface area contributed by atoms with Crippen molar-refractivity contribution in [1.29, 1.82) is 10.5 Å². The van der Waals surface area contributed by atoms with Gasteiger partial charge in [-0.3, -0.25) is 4.79 Å². The lowest BCUT2D eigenvalue weighted by Crippen LogP contribution is -2.13. The summed E-state index contributed by atoms with van der Waals surface area (Å²) in [5.41, 5.74) is 2.24. The van der Waals surface area contributed by atoms with Gasteiger partial charge in [-0.1, -0.05) is 30.3 Å². The summed E-state index contributed by atoms with van der Waals surface area (Å²) in [5, 5.41) is 24.6. The van der Waals surface area contributed by atoms with Crippen LogP contribution < -0.4 is 10.1 Å². The van der Waals surface area contributed by atoms with Gasteiger partial charge in [0.15, 0.2) is 0 Å². The molecule has 1 amide bonds. The Balaban J connectivity index is 1.73. The first-order chi connectivity index (χ1) is 15.2. The Morgan fingerprint density at radius 1 is 1.19 bits per heavy atom. The Hall–Kier alpha value is -3.61. The van der Waals surface area contributed by atoms with E-state index in [1.165, 1.54) is 11.3 Å². The largest absolute Gasteiger partial charge is 0.493 e. The minimum atomic E-state index is -0.520. The number of fused-ring (bicyclic) bond motifs is 2. The third-order valence-corrected chi connectivity index (χ3v) is 6.60. The number of hydrogen-bond acceptors (Lipinski definition) is 5. The minimum Gasteiger partial charge on any atom is -0.493 e. The normalized spacial score (nSPS) is 13.2. The number of anilines is 1. The van der Waals surface area contributed by atoms with Crippen molar-refractivity contribution in [3.8, 4) is 17.9 Å². The second-order valence-electron chi connectivity index (χ2n) is 7.28. The first kappa shape index (κ1) is 20.7. The van der Waals surface area contributed by atoms with Gasteiger partial charge < -0.3 is 10.1 Å². The minimum absolute atomic E-state index is 0.0347. The van der Waals surface area contributed by atoms with E-state index >= 15 is 0 Å². The van der Waals surface area contributed by atoms with E-state index in [9.17, 15) is 15.3 Å². The second-order valence-corrected chi connectivity index (χ2v) is 8.39. The number of nitriles is 2. The molecule has 0 atom stereocenters. The molecule has 0 aliphatic heterocycles. The molecule has 0 fully saturated rings. The molecule has 3 aromatic rings. The number of aryl methyl sites for hydroxylation is 1. The summed E-state index contributed by atoms with van der Waals surface area (Å²) in [5.74, 6) is 0.0963. The molecule has 0 bridgehead atoms. The van der Waals surface area contributed by atoms with Crippen LogP contribution in [0, 0.1) is 22.7 Å². The van der Waals surface area contributed by atoms with E-state index < -0.39 is 5.91 Å². The van der Waals surface area contributed by atoms with Crippen LogP contribution in [0.25, 0.3) is 16.8 Å². The van der Waals surface area contributed by atoms with Crippen LogP contribution in [-0.4, -0.2) is 12.5 Å². The number of benzene rings is 2. The zero-order valence-corrected chi connectivity index (χ0v) is 18.0. The maximum Gasteiger partial charge on any atom is 0.266 e. The summed E-state index contributed by atoms with van der Waals surface area (Å²) in [6.07, 6.45) is 5.51. The number of carbonyl (C=O) groups excluding carboxylic acids is 1. The highest BCUT2D eigenvalue weighted by Gasteiger charge is 2.23. The average molecular weight is 428 g/mol. The molecule has 0 spiro atoms. The van der Waals surface area contributed by atoms with Crippen molar-refractivity contribution < 1.29 is 9.53 Å². The lowest BCUT2D eigenvalue weighted by Gasteiger charge is -2.11. The van der Waals surface area contributed by atoms with E-state index in [0.717, 1.165) is 46.9 Å². The number of rotatable bonds is 5. The summed E-state index contributed by atoms with van der Waals surface area (Å²) in [6.45, 7) is 2.36. The van der Waals surface area contributed by atoms with Gasteiger partial charge >= 0.3 is 0 Å². The molecule has 1 heterocycles. The average Bonchev–Trinajstić information content (AvgIpc) is 3.15. The van der Waals surface area contributed by atoms with Gasteiger partial charge in [0.05, 0.1) is 12.2 Å². The zero-order chi connectivity index (χ0) is 21.8. The second kappa shape index (κ2) is 9.04. The van der Waals surface area contributed by atoms with E-state index in [1.54, 1.807) is 6.08 Å². The number of nitrogens with zero attached hydrogens (tertiary/aromatic N) is 2. The van der Waals surface area contributed by atoms with E-state index in [1.807, 2.05) is 49.4 Å². The first-order valence-corrected chi connectivity index (χ1v) is 11.1. The van der Waals surface area contributed by atoms with Gasteiger partial charge in [-0.2, -0.15) is 10.5 Å². The van der Waals surface area contributed by atoms with Gasteiger partial charge in [-0.05, 0) is 61.1 Å². The summed E-state index contributed by atoms with van der Waals surface area (Å²) >= 11 is 1.45. The van der Waals surface area contributed by atoms with Crippen LogP contribution in [0.1, 0.15) is 41.3 Å². The van der Waals surface area contributed by atoms with Crippen molar-refractivity contribution in [2.45, 2.75) is 32.6 Å². The Morgan fingerprint density at radius 3 is 2.77 bits per heavy atom. The molecule has 0 saturated carbocycles. The van der Waals surface area contributed by atoms with Crippen LogP contribution in [0.4, 0.5) is 5.00 Å². The molecule has 0 saturated heterocycles. The van der Waals surface area contributed by atoms with Crippen molar-refractivity contribution in [1.82, 2.24) is 0 Å². The number of hydrogen-bond donors (Lipinski definition) is 1. The van der Waals surface area contributed by atoms with Crippen LogP contribution in [0.2, 0.25) is 0 Å². The monoisotopic (exact) mass is 427 g/mol. The van der Waals surface area contributed by atoms with E-state index in [2.05, 4.69) is 11.4 Å². The summed E-state index contributed by atoms with van der Waals surface area (Å²) < 4.78 is 5.75. The summed E-state index contributed by atoms with van der Waals surface area (Å²) in [4.78, 5) is 14.1. The highest BCUT2D eigenvalue weighted by Crippen LogP contribution is 2.38. The van der Waals surface area contributed by atoms with Gasteiger partial charge in [0.25, 0.3) is 5.91 Å². The number of carbonyl (C=O) groups is 1. The molecule has 154 valence electrons. The number of ether oxygens (including phenoxy) is 1. The number of nitrogens with one attached hydrogen (secondary N) is 1. The molecule has 0 radical (unpaired) electrons. The molecule has 1 aliphatic carbocycles. The predicted octanol–water partition coefficient (Wildman–Crippen LogP) is 5.60. The van der Waals surface area contributed by atoms with E-state index in [0.29, 0.717) is 28.5 Å². The van der Waals surface area contributed by atoms with Crippen molar-refractivity contribution in [3.63, 3.8) is 0 Å². The van der Waals surface area contributed by atoms with Gasteiger partial charge in [0.1, 0.15) is 28.5 Å². The molecule has 2 aromatic carbocycles. The Kier molecular flexibility index (Phi) is 6.02. The maximum absolute atomic E-state index is 13.0. The maximum atomic E-state index is 13.0. The Bertz CT molecular complexity index is 1270. The summed E-state index contributed by atoms with van der Waals surface area (Å²) in [6, 6.07) is 15.8. The molecule has 1 N–H and O–H groups in total. The van der Waals surface area contributed by atoms with Gasteiger partial charge in [-0.25, -0.2) is 0 Å². The zero-order valence-electron chi connectivity index (χ0n) is 17.2. The lowest BCUT2D eigenvalue weighted by molar-refractivity contribution is -0.112. The molecule has 1 aliphatic rings. The van der Waals surface area contributed by atoms with Crippen molar-refractivity contribution >= 4 is 39.1 Å². The molecule has 4 rings (SSSR count). The third kappa shape index (κ3) is 4.03. The lowest BCUT2D eigenvalue weighted by atomic mass is 9.96. The SMILES string of the molecule is CCOc1ccc2ccccc2c1/C=C(\C#N)C(=O)Nc1sc2c(c1C#N)CCCC2. The third-order valence-electron chi connectivity index (χ3n) is 5.39. The molecular weight excluding hydrogens is 406 g/mol. The summed E-state index contributed by atoms with van der Waals surface area (Å²) in [7, 11) is 0. The highest BCUT2D eigenvalue weighted by atomic mass is 32.1. The highest BCUT2D eigenvalue weighted by molar-refractivity contribution is 7.16. The quantitative estimate of drug-likeness (QED) is 0.424. The van der Waals surface area contributed by atoms with E-state index in [4.69, 9.17) is 4.74 Å². The van der Waals surface area contributed by atoms with Crippen LogP contribution in [-0.2, 0) is 17.6 Å². The van der Waals surface area contributed by atoms with Crippen LogP contribution in [0.15, 0.2) is 42.0 Å². The fraction of sp³-hybridized carbons (Fsp3) is 0.240. The molecule has 5 nitrogen and oxygen atoms in total. The van der Waals surface area contributed by atoms with Crippen LogP contribution in [0.5, 0.6) is 5.75 Å². The standard InChI is InChI=1S/C25H21N3O2S/c1-2-30-22-12-11-16-7-3-4-8-18(16)20(22)13-17(14-26)24(29)28-25-21(15-27)19-9-5-6-10-23(19)31-25/h3-4,7-8,11-13H,2,5-6,9-10H2,1H3,(H,28,29)/b17-13+. The fourth-order valence-electron chi connectivity index (χ4n) is 3.94. The van der Waals surface area contributed by atoms with Gasteiger partial charge in [0.2, 0.25) is 0 Å². The molecule has 6 heteroatoms. The van der Waals surface area contributed by atoms with Crippen molar-refractivity contribution in [3.05, 3.63) is 63.5 Å². The molecular formula is C25H21N3O2S. The fourth-order valence-corrected chi connectivity index (χ4v) is 5.18. The first-order valence-electron chi connectivity index (χ1n) is 10.3. The van der Waals surface area contributed by atoms with E-state index in [-0.39, 0.29) is 5.57 Å². The van der Waals surface area contributed by atoms with Crippen molar-refractivity contribution in [2.24, 2.45) is 0 Å². The predicted molar refractivity (Wildman–Crippen MR) is 123 cm³/mol. The van der Waals surface area contributed by atoms with Crippen molar-refractivity contribution in [2.75, 3.05) is 11.9 Å². The molecule has 1 aromatic heterocycles. The van der Waals surface area contributed by atoms with Gasteiger partial charge in [0, 0.05) is 10.4 Å². The van der Waals surface area contributed by atoms with Gasteiger partial charge in [-0.15, -0.1) is 11.3 Å². The van der Waals surface area contributed by atoms with Crippen LogP contribution >= 0.6 is 11.3 Å². The smallest absolute Gasteiger partial charge is 0.266 e. The number of amides is 1. The van der Waals surface area contributed by atoms with Crippen LogP contribution in [0.3, 0.4) is 0 Å². The molecule has 0 unspecified atom stereocenters. The Morgan fingerprint density at radius 2 is 2.00 bits per heavy atom. The number of thiophene rings is 1. The topological polar surface area (TPSA) is 85.9 Å².